The molecule has 0 N–H and O–H groups in total. The maximum Gasteiger partial charge on any atom is 0.264 e. The number of aromatic nitrogens is 1. The standard InChI is InChI=1S/C13H16N2OS3/c1-4-17-11-6-5-10(19-11)13(16)15(3)9(2)12-14-7-8-18-12/h5-9H,4H2,1-3H3/t9-/m1/s1. The van der Waals surface area contributed by atoms with Crippen molar-refractivity contribution in [2.45, 2.75) is 24.1 Å². The molecule has 0 unspecified atom stereocenters. The minimum Gasteiger partial charge on any atom is -0.332 e. The number of amides is 1. The van der Waals surface area contributed by atoms with Gasteiger partial charge in [-0.3, -0.25) is 4.79 Å². The van der Waals surface area contributed by atoms with Crippen molar-refractivity contribution in [1.82, 2.24) is 9.88 Å². The monoisotopic (exact) mass is 312 g/mol. The van der Waals surface area contributed by atoms with E-state index in [-0.39, 0.29) is 11.9 Å². The first-order valence-corrected chi connectivity index (χ1v) is 8.70. The largest absolute Gasteiger partial charge is 0.332 e. The zero-order valence-corrected chi connectivity index (χ0v) is 13.6. The van der Waals surface area contributed by atoms with Gasteiger partial charge in [-0.05, 0) is 24.8 Å². The number of nitrogens with zero attached hydrogens (tertiary/aromatic N) is 2. The summed E-state index contributed by atoms with van der Waals surface area (Å²) in [5.41, 5.74) is 0. The van der Waals surface area contributed by atoms with Gasteiger partial charge in [-0.15, -0.1) is 34.4 Å². The number of thioether (sulfide) groups is 1. The summed E-state index contributed by atoms with van der Waals surface area (Å²) in [4.78, 5) is 19.2. The first-order chi connectivity index (χ1) is 9.13. The van der Waals surface area contributed by atoms with Crippen molar-refractivity contribution in [2.75, 3.05) is 12.8 Å². The van der Waals surface area contributed by atoms with Gasteiger partial charge in [-0.1, -0.05) is 6.92 Å². The van der Waals surface area contributed by atoms with E-state index in [4.69, 9.17) is 0 Å². The average molecular weight is 312 g/mol. The summed E-state index contributed by atoms with van der Waals surface area (Å²) in [5.74, 6) is 1.09. The lowest BCUT2D eigenvalue weighted by Gasteiger charge is -2.22. The highest BCUT2D eigenvalue weighted by Gasteiger charge is 2.21. The first kappa shape index (κ1) is 14.6. The second-order valence-corrected chi connectivity index (χ2v) is 7.59. The Hall–Kier alpha value is -0.850. The molecule has 6 heteroatoms. The highest BCUT2D eigenvalue weighted by Crippen LogP contribution is 2.29. The number of thiophene rings is 1. The number of thiazole rings is 1. The summed E-state index contributed by atoms with van der Waals surface area (Å²) in [6, 6.07) is 3.95. The van der Waals surface area contributed by atoms with Gasteiger partial charge in [0, 0.05) is 18.6 Å². The molecule has 19 heavy (non-hydrogen) atoms. The molecule has 0 aliphatic heterocycles. The van der Waals surface area contributed by atoms with Gasteiger partial charge in [-0.25, -0.2) is 4.98 Å². The van der Waals surface area contributed by atoms with Gasteiger partial charge in [0.05, 0.1) is 15.1 Å². The highest BCUT2D eigenvalue weighted by atomic mass is 32.2. The fraction of sp³-hybridized carbons (Fsp3) is 0.385. The summed E-state index contributed by atoms with van der Waals surface area (Å²) in [7, 11) is 1.83. The highest BCUT2D eigenvalue weighted by molar-refractivity contribution is 8.01. The Labute approximate surface area is 125 Å². The van der Waals surface area contributed by atoms with Gasteiger partial charge in [0.2, 0.25) is 0 Å². The van der Waals surface area contributed by atoms with Crippen LogP contribution in [0.3, 0.4) is 0 Å². The van der Waals surface area contributed by atoms with Crippen LogP contribution in [0.2, 0.25) is 0 Å². The number of rotatable bonds is 5. The fourth-order valence-corrected chi connectivity index (χ4v) is 4.38. The number of carbonyl (C=O) groups excluding carboxylic acids is 1. The van der Waals surface area contributed by atoms with Crippen LogP contribution in [0.1, 0.15) is 34.6 Å². The SMILES string of the molecule is CCSc1ccc(C(=O)N(C)[C@H](C)c2nccs2)s1. The van der Waals surface area contributed by atoms with Gasteiger partial charge >= 0.3 is 0 Å². The molecule has 0 bridgehead atoms. The molecule has 0 saturated carbocycles. The fourth-order valence-electron chi connectivity index (χ4n) is 1.61. The second kappa shape index (κ2) is 6.54. The van der Waals surface area contributed by atoms with E-state index in [1.165, 1.54) is 4.21 Å². The molecular formula is C13H16N2OS3. The number of hydrogen-bond acceptors (Lipinski definition) is 5. The molecule has 0 spiro atoms. The van der Waals surface area contributed by atoms with Gasteiger partial charge < -0.3 is 4.90 Å². The summed E-state index contributed by atoms with van der Waals surface area (Å²) in [5, 5.41) is 2.90. The van der Waals surface area contributed by atoms with Gasteiger partial charge in [0.1, 0.15) is 5.01 Å². The molecule has 2 aromatic rings. The number of hydrogen-bond donors (Lipinski definition) is 0. The van der Waals surface area contributed by atoms with Gasteiger partial charge in [0.15, 0.2) is 0 Å². The summed E-state index contributed by atoms with van der Waals surface area (Å²) in [6.07, 6.45) is 1.77. The molecule has 2 rings (SSSR count). The molecule has 0 fully saturated rings. The van der Waals surface area contributed by atoms with Crippen LogP contribution >= 0.6 is 34.4 Å². The minimum absolute atomic E-state index is 0.0110. The topological polar surface area (TPSA) is 33.2 Å². The predicted octanol–water partition coefficient (Wildman–Crippen LogP) is 4.15. The summed E-state index contributed by atoms with van der Waals surface area (Å²) in [6.45, 7) is 4.12. The van der Waals surface area contributed by atoms with Gasteiger partial charge in [0.25, 0.3) is 5.91 Å². The van der Waals surface area contributed by atoms with Crippen LogP contribution in [0.4, 0.5) is 0 Å². The molecule has 1 amide bonds. The van der Waals surface area contributed by atoms with Crippen molar-refractivity contribution in [2.24, 2.45) is 0 Å². The predicted molar refractivity (Wildman–Crippen MR) is 83.3 cm³/mol. The van der Waals surface area contributed by atoms with E-state index < -0.39 is 0 Å². The zero-order valence-electron chi connectivity index (χ0n) is 11.1. The molecule has 0 saturated heterocycles. The van der Waals surface area contributed by atoms with Crippen LogP contribution in [0, 0.1) is 0 Å². The van der Waals surface area contributed by atoms with E-state index in [1.807, 2.05) is 31.5 Å². The lowest BCUT2D eigenvalue weighted by molar-refractivity contribution is 0.0747. The molecule has 3 nitrogen and oxygen atoms in total. The van der Waals surface area contributed by atoms with Crippen LogP contribution < -0.4 is 0 Å². The molecule has 102 valence electrons. The van der Waals surface area contributed by atoms with Crippen molar-refractivity contribution in [3.8, 4) is 0 Å². The Morgan fingerprint density at radius 3 is 2.95 bits per heavy atom. The van der Waals surface area contributed by atoms with E-state index in [9.17, 15) is 4.79 Å². The Morgan fingerprint density at radius 1 is 1.53 bits per heavy atom. The molecule has 0 radical (unpaired) electrons. The molecule has 1 atom stereocenters. The maximum atomic E-state index is 12.4. The Morgan fingerprint density at radius 2 is 2.32 bits per heavy atom. The van der Waals surface area contributed by atoms with Crippen LogP contribution in [0.25, 0.3) is 0 Å². The van der Waals surface area contributed by atoms with Crippen molar-refractivity contribution < 1.29 is 4.79 Å². The third-order valence-corrected chi connectivity index (χ3v) is 5.92. The number of carbonyl (C=O) groups is 1. The first-order valence-electron chi connectivity index (χ1n) is 6.02. The van der Waals surface area contributed by atoms with E-state index >= 15 is 0 Å². The van der Waals surface area contributed by atoms with E-state index in [0.717, 1.165) is 15.6 Å². The summed E-state index contributed by atoms with van der Waals surface area (Å²) >= 11 is 4.91. The molecule has 0 aliphatic carbocycles. The quantitative estimate of drug-likeness (QED) is 0.778. The normalized spacial score (nSPS) is 12.4. The zero-order chi connectivity index (χ0) is 13.8. The van der Waals surface area contributed by atoms with Crippen LogP contribution in [-0.2, 0) is 0 Å². The molecular weight excluding hydrogens is 296 g/mol. The Kier molecular flexibility index (Phi) is 5.01. The van der Waals surface area contributed by atoms with Crippen molar-refractivity contribution >= 4 is 40.3 Å². The second-order valence-electron chi connectivity index (χ2n) is 4.01. The average Bonchev–Trinajstić information content (AvgIpc) is 3.07. The smallest absolute Gasteiger partial charge is 0.264 e. The third-order valence-electron chi connectivity index (χ3n) is 2.79. The summed E-state index contributed by atoms with van der Waals surface area (Å²) < 4.78 is 1.20. The van der Waals surface area contributed by atoms with Crippen LogP contribution in [0.5, 0.6) is 0 Å². The van der Waals surface area contributed by atoms with E-state index in [0.29, 0.717) is 0 Å². The van der Waals surface area contributed by atoms with Crippen LogP contribution in [-0.4, -0.2) is 28.6 Å². The lowest BCUT2D eigenvalue weighted by Crippen LogP contribution is -2.28. The molecule has 0 aliphatic rings. The lowest BCUT2D eigenvalue weighted by atomic mass is 10.3. The maximum absolute atomic E-state index is 12.4. The Balaban J connectivity index is 2.09. The van der Waals surface area contributed by atoms with Gasteiger partial charge in [-0.2, -0.15) is 0 Å². The molecule has 2 heterocycles. The van der Waals surface area contributed by atoms with E-state index in [2.05, 4.69) is 11.9 Å². The molecule has 2 aromatic heterocycles. The van der Waals surface area contributed by atoms with Crippen molar-refractivity contribution in [3.05, 3.63) is 33.6 Å². The Bertz CT molecular complexity index is 536. The van der Waals surface area contributed by atoms with E-state index in [1.54, 1.807) is 45.5 Å². The minimum atomic E-state index is 0.0110. The van der Waals surface area contributed by atoms with Crippen molar-refractivity contribution in [3.63, 3.8) is 0 Å². The van der Waals surface area contributed by atoms with Crippen molar-refractivity contribution in [1.29, 1.82) is 0 Å². The van der Waals surface area contributed by atoms with Crippen LogP contribution in [0.15, 0.2) is 27.9 Å². The third kappa shape index (κ3) is 3.38. The molecule has 0 aromatic carbocycles.